The van der Waals surface area contributed by atoms with Gasteiger partial charge in [0, 0.05) is 34.9 Å². The van der Waals surface area contributed by atoms with Crippen LogP contribution in [0.1, 0.15) is 16.7 Å². The van der Waals surface area contributed by atoms with Gasteiger partial charge in [0.25, 0.3) is 0 Å². The van der Waals surface area contributed by atoms with Crippen molar-refractivity contribution in [3.8, 4) is 16.9 Å². The van der Waals surface area contributed by atoms with E-state index in [1.807, 2.05) is 115 Å². The molecule has 186 valence electrons. The van der Waals surface area contributed by atoms with Gasteiger partial charge in [0.1, 0.15) is 0 Å². The van der Waals surface area contributed by atoms with E-state index in [-0.39, 0.29) is 18.0 Å². The third-order valence-electron chi connectivity index (χ3n) is 6.14. The highest BCUT2D eigenvalue weighted by Gasteiger charge is 2.27. The van der Waals surface area contributed by atoms with Gasteiger partial charge >= 0.3 is 0 Å². The first kappa shape index (κ1) is 25.1. The van der Waals surface area contributed by atoms with Gasteiger partial charge in [-0.1, -0.05) is 94.3 Å². The summed E-state index contributed by atoms with van der Waals surface area (Å²) in [6.07, 6.45) is 1.93. The van der Waals surface area contributed by atoms with Crippen LogP contribution in [0.5, 0.6) is 0 Å². The quantitative estimate of drug-likeness (QED) is 0.201. The Labute approximate surface area is 226 Å². The molecule has 4 aromatic carbocycles. The highest BCUT2D eigenvalue weighted by Crippen LogP contribution is 2.29. The van der Waals surface area contributed by atoms with Crippen LogP contribution in [0.3, 0.4) is 0 Å². The summed E-state index contributed by atoms with van der Waals surface area (Å²) in [7, 11) is -3.79. The van der Waals surface area contributed by atoms with Crippen LogP contribution < -0.4 is 0 Å². The van der Waals surface area contributed by atoms with Crippen LogP contribution in [0.4, 0.5) is 0 Å². The second-order valence-electron chi connectivity index (χ2n) is 8.86. The molecule has 7 heteroatoms. The fourth-order valence-corrected chi connectivity index (χ4v) is 5.82. The fourth-order valence-electron chi connectivity index (χ4n) is 4.15. The van der Waals surface area contributed by atoms with Gasteiger partial charge in [-0.3, -0.25) is 0 Å². The van der Waals surface area contributed by atoms with E-state index >= 15 is 0 Å². The van der Waals surface area contributed by atoms with E-state index in [0.29, 0.717) is 0 Å². The van der Waals surface area contributed by atoms with Crippen LogP contribution in [0.25, 0.3) is 16.9 Å². The number of halogens is 1. The molecular weight excluding hydrogens is 546 g/mol. The zero-order chi connectivity index (χ0) is 25.8. The summed E-state index contributed by atoms with van der Waals surface area (Å²) in [6, 6.07) is 34.4. The molecule has 0 bridgehead atoms. The summed E-state index contributed by atoms with van der Waals surface area (Å²) in [5.41, 5.74) is 5.31. The fraction of sp³-hybridized carbons (Fsp3) is 0.100. The van der Waals surface area contributed by atoms with E-state index in [4.69, 9.17) is 5.10 Å². The zero-order valence-electron chi connectivity index (χ0n) is 20.3. The lowest BCUT2D eigenvalue weighted by Crippen LogP contribution is -2.30. The third kappa shape index (κ3) is 5.74. The Balaban J connectivity index is 1.60. The molecule has 0 saturated carbocycles. The Morgan fingerprint density at radius 2 is 1.41 bits per heavy atom. The molecule has 5 rings (SSSR count). The third-order valence-corrected chi connectivity index (χ3v) is 8.47. The molecule has 0 radical (unpaired) electrons. The number of benzene rings is 4. The maximum absolute atomic E-state index is 13.9. The molecule has 0 aliphatic rings. The average Bonchev–Trinajstić information content (AvgIpc) is 3.34. The zero-order valence-corrected chi connectivity index (χ0v) is 22.7. The number of nitrogens with zero attached hydrogens (tertiary/aromatic N) is 3. The van der Waals surface area contributed by atoms with E-state index in [9.17, 15) is 8.42 Å². The van der Waals surface area contributed by atoms with Crippen LogP contribution in [-0.4, -0.2) is 22.5 Å². The van der Waals surface area contributed by atoms with Gasteiger partial charge in [-0.15, -0.1) is 0 Å². The first-order valence-corrected chi connectivity index (χ1v) is 14.1. The first-order valence-electron chi connectivity index (χ1n) is 11.9. The number of para-hydroxylation sites is 1. The van der Waals surface area contributed by atoms with Crippen molar-refractivity contribution in [2.45, 2.75) is 24.9 Å². The number of hydrogen-bond acceptors (Lipinski definition) is 3. The van der Waals surface area contributed by atoms with E-state index in [1.54, 1.807) is 12.1 Å². The van der Waals surface area contributed by atoms with Gasteiger partial charge in [0.2, 0.25) is 10.0 Å². The topological polar surface area (TPSA) is 55.2 Å². The number of aromatic nitrogens is 2. The highest BCUT2D eigenvalue weighted by molar-refractivity contribution is 9.10. The molecule has 37 heavy (non-hydrogen) atoms. The minimum absolute atomic E-state index is 0.170. The van der Waals surface area contributed by atoms with Crippen molar-refractivity contribution in [2.24, 2.45) is 0 Å². The van der Waals surface area contributed by atoms with Crippen molar-refractivity contribution >= 4 is 26.0 Å². The van der Waals surface area contributed by atoms with Crippen molar-refractivity contribution in [3.05, 3.63) is 137 Å². The number of sulfonamides is 1. The van der Waals surface area contributed by atoms with Gasteiger partial charge in [0.15, 0.2) is 0 Å². The van der Waals surface area contributed by atoms with Crippen molar-refractivity contribution in [3.63, 3.8) is 0 Å². The second kappa shape index (κ2) is 10.8. The highest BCUT2D eigenvalue weighted by atomic mass is 79.9. The molecule has 0 aliphatic carbocycles. The van der Waals surface area contributed by atoms with Crippen molar-refractivity contribution in [1.29, 1.82) is 0 Å². The summed E-state index contributed by atoms with van der Waals surface area (Å²) >= 11 is 3.50. The van der Waals surface area contributed by atoms with Gasteiger partial charge in [-0.25, -0.2) is 13.1 Å². The lowest BCUT2D eigenvalue weighted by molar-refractivity contribution is 0.401. The summed E-state index contributed by atoms with van der Waals surface area (Å²) in [5.74, 6) is 0. The predicted octanol–water partition coefficient (Wildman–Crippen LogP) is 7.00. The first-order chi connectivity index (χ1) is 17.9. The molecule has 0 unspecified atom stereocenters. The van der Waals surface area contributed by atoms with Gasteiger partial charge in [0.05, 0.1) is 16.3 Å². The van der Waals surface area contributed by atoms with Gasteiger partial charge < -0.3 is 0 Å². The number of rotatable bonds is 8. The number of hydrogen-bond donors (Lipinski definition) is 0. The van der Waals surface area contributed by atoms with Crippen LogP contribution in [0, 0.1) is 6.92 Å². The largest absolute Gasteiger partial charge is 0.243 e. The maximum Gasteiger partial charge on any atom is 0.243 e. The van der Waals surface area contributed by atoms with Gasteiger partial charge in [-0.2, -0.15) is 9.40 Å². The maximum atomic E-state index is 13.9. The Hall–Kier alpha value is -3.52. The Bertz CT molecular complexity index is 1580. The second-order valence-corrected chi connectivity index (χ2v) is 11.7. The summed E-state index contributed by atoms with van der Waals surface area (Å²) in [4.78, 5) is 0.273. The molecule has 5 aromatic rings. The summed E-state index contributed by atoms with van der Waals surface area (Å²) in [6.45, 7) is 2.36. The van der Waals surface area contributed by atoms with Crippen molar-refractivity contribution in [2.75, 3.05) is 0 Å². The molecule has 5 nitrogen and oxygen atoms in total. The molecule has 0 fully saturated rings. The van der Waals surface area contributed by atoms with Gasteiger partial charge in [-0.05, 0) is 48.9 Å². The van der Waals surface area contributed by atoms with Crippen LogP contribution >= 0.6 is 15.9 Å². The lowest BCUT2D eigenvalue weighted by atomic mass is 10.1. The normalized spacial score (nSPS) is 11.6. The van der Waals surface area contributed by atoms with Crippen LogP contribution in [0.15, 0.2) is 125 Å². The smallest absolute Gasteiger partial charge is 0.240 e. The molecule has 1 aromatic heterocycles. The minimum Gasteiger partial charge on any atom is -0.240 e. The molecule has 0 saturated heterocycles. The molecule has 0 aliphatic heterocycles. The number of aryl methyl sites for hydroxylation is 1. The Morgan fingerprint density at radius 3 is 2.05 bits per heavy atom. The van der Waals surface area contributed by atoms with E-state index < -0.39 is 10.0 Å². The monoisotopic (exact) mass is 571 g/mol. The average molecular weight is 573 g/mol. The molecular formula is C30H26BrN3O2S. The molecule has 0 N–H and O–H groups in total. The summed E-state index contributed by atoms with van der Waals surface area (Å²) in [5, 5.41) is 4.89. The van der Waals surface area contributed by atoms with Crippen LogP contribution in [0.2, 0.25) is 0 Å². The van der Waals surface area contributed by atoms with E-state index in [0.717, 1.165) is 38.1 Å². The lowest BCUT2D eigenvalue weighted by Gasteiger charge is -2.22. The van der Waals surface area contributed by atoms with E-state index in [2.05, 4.69) is 15.9 Å². The molecule has 0 spiro atoms. The standard InChI is InChI=1S/C30H26BrN3O2S/c1-23-12-18-29(19-13-23)37(35,36)33(20-24-8-4-2-5-9-24)21-26-22-34(28-10-6-3-7-11-28)32-30(26)25-14-16-27(31)17-15-25/h2-19,22H,20-21H2,1H3. The minimum atomic E-state index is -3.79. The van der Waals surface area contributed by atoms with Crippen molar-refractivity contribution < 1.29 is 8.42 Å². The van der Waals surface area contributed by atoms with Crippen molar-refractivity contribution in [1.82, 2.24) is 14.1 Å². The predicted molar refractivity (Wildman–Crippen MR) is 151 cm³/mol. The Morgan fingerprint density at radius 1 is 0.784 bits per heavy atom. The SMILES string of the molecule is Cc1ccc(S(=O)(=O)N(Cc2ccccc2)Cc2cn(-c3ccccc3)nc2-c2ccc(Br)cc2)cc1. The van der Waals surface area contributed by atoms with Crippen LogP contribution in [-0.2, 0) is 23.1 Å². The summed E-state index contributed by atoms with van der Waals surface area (Å²) < 4.78 is 32.1. The Kier molecular flexibility index (Phi) is 7.37. The molecule has 0 amide bonds. The molecule has 1 heterocycles. The molecule has 0 atom stereocenters. The van der Waals surface area contributed by atoms with E-state index in [1.165, 1.54) is 4.31 Å².